The second kappa shape index (κ2) is 8.06. The van der Waals surface area contributed by atoms with Crippen molar-refractivity contribution < 1.29 is 14.0 Å². The summed E-state index contributed by atoms with van der Waals surface area (Å²) in [6.07, 6.45) is 2.30. The summed E-state index contributed by atoms with van der Waals surface area (Å²) in [4.78, 5) is 27.6. The number of hydrogen-bond acceptors (Lipinski definition) is 3. The summed E-state index contributed by atoms with van der Waals surface area (Å²) in [6, 6.07) is 5.52. The number of rotatable bonds is 7. The third kappa shape index (κ3) is 4.76. The fourth-order valence-electron chi connectivity index (χ4n) is 2.85. The van der Waals surface area contributed by atoms with Crippen molar-refractivity contribution in [3.8, 4) is 0 Å². The molecule has 0 aliphatic carbocycles. The van der Waals surface area contributed by atoms with E-state index < -0.39 is 6.04 Å². The first-order valence-electron chi connectivity index (χ1n) is 7.96. The first-order valence-corrected chi connectivity index (χ1v) is 7.96. The first-order chi connectivity index (χ1) is 11.0. The van der Waals surface area contributed by atoms with Crippen LogP contribution in [0.25, 0.3) is 0 Å². The lowest BCUT2D eigenvalue weighted by Crippen LogP contribution is -2.38. The third-order valence-electron chi connectivity index (χ3n) is 4.03. The zero-order valence-corrected chi connectivity index (χ0v) is 13.7. The Morgan fingerprint density at radius 3 is 2.61 bits per heavy atom. The van der Waals surface area contributed by atoms with Crippen molar-refractivity contribution in [2.24, 2.45) is 0 Å². The van der Waals surface area contributed by atoms with Crippen molar-refractivity contribution in [2.75, 3.05) is 33.7 Å². The predicted molar refractivity (Wildman–Crippen MR) is 86.3 cm³/mol. The molecule has 2 rings (SSSR count). The highest BCUT2D eigenvalue weighted by molar-refractivity contribution is 5.83. The predicted octanol–water partition coefficient (Wildman–Crippen LogP) is 1.56. The second-order valence-corrected chi connectivity index (χ2v) is 6.05. The molecule has 1 unspecified atom stereocenters. The molecule has 5 nitrogen and oxygen atoms in total. The number of carbonyl (C=O) groups is 2. The first kappa shape index (κ1) is 17.4. The highest BCUT2D eigenvalue weighted by Crippen LogP contribution is 2.18. The standard InChI is InChI=1S/C17H24FN3O2/c1-20(2)16(13-6-8-14(18)9-7-13)17(23)19-10-4-12-21-11-3-5-15(21)22/h6-9,16H,3-5,10-12H2,1-2H3,(H,19,23). The molecule has 1 N–H and O–H groups in total. The van der Waals surface area contributed by atoms with E-state index in [9.17, 15) is 14.0 Å². The summed E-state index contributed by atoms with van der Waals surface area (Å²) in [5, 5.41) is 2.90. The Morgan fingerprint density at radius 2 is 2.04 bits per heavy atom. The van der Waals surface area contributed by atoms with Gasteiger partial charge in [-0.25, -0.2) is 4.39 Å². The summed E-state index contributed by atoms with van der Waals surface area (Å²) in [7, 11) is 3.63. The highest BCUT2D eigenvalue weighted by atomic mass is 19.1. The van der Waals surface area contributed by atoms with E-state index in [1.807, 2.05) is 19.0 Å². The summed E-state index contributed by atoms with van der Waals surface area (Å²) < 4.78 is 13.0. The number of carbonyl (C=O) groups excluding carboxylic acids is 2. The van der Waals surface area contributed by atoms with E-state index in [0.29, 0.717) is 19.5 Å². The molecule has 0 saturated carbocycles. The van der Waals surface area contributed by atoms with Crippen LogP contribution in [0.15, 0.2) is 24.3 Å². The molecule has 126 valence electrons. The van der Waals surface area contributed by atoms with Gasteiger partial charge in [0.05, 0.1) is 0 Å². The van der Waals surface area contributed by atoms with E-state index >= 15 is 0 Å². The van der Waals surface area contributed by atoms with Crippen LogP contribution in [0.4, 0.5) is 4.39 Å². The highest BCUT2D eigenvalue weighted by Gasteiger charge is 2.23. The maximum atomic E-state index is 13.0. The van der Waals surface area contributed by atoms with Gasteiger partial charge in [-0.15, -0.1) is 0 Å². The Balaban J connectivity index is 1.84. The zero-order valence-electron chi connectivity index (χ0n) is 13.7. The minimum absolute atomic E-state index is 0.116. The number of nitrogens with one attached hydrogen (secondary N) is 1. The lowest BCUT2D eigenvalue weighted by molar-refractivity contribution is -0.127. The smallest absolute Gasteiger partial charge is 0.241 e. The van der Waals surface area contributed by atoms with E-state index in [1.54, 1.807) is 17.0 Å². The molecule has 1 atom stereocenters. The third-order valence-corrected chi connectivity index (χ3v) is 4.03. The van der Waals surface area contributed by atoms with Crippen molar-refractivity contribution >= 4 is 11.8 Å². The minimum atomic E-state index is -0.455. The molecule has 0 radical (unpaired) electrons. The molecule has 0 aromatic heterocycles. The van der Waals surface area contributed by atoms with Gasteiger partial charge in [0.2, 0.25) is 11.8 Å². The molecular formula is C17H24FN3O2. The molecule has 1 aromatic rings. The van der Waals surface area contributed by atoms with E-state index in [0.717, 1.165) is 24.9 Å². The molecule has 1 saturated heterocycles. The summed E-state index contributed by atoms with van der Waals surface area (Å²) in [5.74, 6) is -0.231. The number of likely N-dealkylation sites (tertiary alicyclic amines) is 1. The van der Waals surface area contributed by atoms with Crippen molar-refractivity contribution in [2.45, 2.75) is 25.3 Å². The van der Waals surface area contributed by atoms with Gasteiger partial charge < -0.3 is 10.2 Å². The summed E-state index contributed by atoms with van der Waals surface area (Å²) in [6.45, 7) is 2.03. The van der Waals surface area contributed by atoms with E-state index in [-0.39, 0.29) is 17.6 Å². The van der Waals surface area contributed by atoms with Gasteiger partial charge in [-0.3, -0.25) is 14.5 Å². The van der Waals surface area contributed by atoms with Crippen LogP contribution in [-0.2, 0) is 9.59 Å². The molecule has 0 bridgehead atoms. The lowest BCUT2D eigenvalue weighted by atomic mass is 10.1. The molecule has 1 heterocycles. The van der Waals surface area contributed by atoms with Crippen molar-refractivity contribution in [3.63, 3.8) is 0 Å². The average molecular weight is 321 g/mol. The molecular weight excluding hydrogens is 297 g/mol. The Hall–Kier alpha value is -1.95. The Kier molecular flexibility index (Phi) is 6.10. The van der Waals surface area contributed by atoms with Gasteiger partial charge in [-0.05, 0) is 44.6 Å². The Morgan fingerprint density at radius 1 is 1.35 bits per heavy atom. The molecule has 6 heteroatoms. The van der Waals surface area contributed by atoms with Gasteiger partial charge in [-0.2, -0.15) is 0 Å². The van der Waals surface area contributed by atoms with Crippen molar-refractivity contribution in [1.29, 1.82) is 0 Å². The van der Waals surface area contributed by atoms with E-state index in [4.69, 9.17) is 0 Å². The number of benzene rings is 1. The van der Waals surface area contributed by atoms with Crippen LogP contribution in [-0.4, -0.2) is 55.3 Å². The monoisotopic (exact) mass is 321 g/mol. The van der Waals surface area contributed by atoms with Crippen LogP contribution in [0, 0.1) is 5.82 Å². The molecule has 2 amide bonds. The van der Waals surface area contributed by atoms with Gasteiger partial charge in [-0.1, -0.05) is 12.1 Å². The van der Waals surface area contributed by atoms with E-state index in [1.165, 1.54) is 12.1 Å². The van der Waals surface area contributed by atoms with Crippen LogP contribution in [0.5, 0.6) is 0 Å². The van der Waals surface area contributed by atoms with Crippen LogP contribution >= 0.6 is 0 Å². The van der Waals surface area contributed by atoms with Crippen molar-refractivity contribution in [3.05, 3.63) is 35.6 Å². The van der Waals surface area contributed by atoms with Gasteiger partial charge in [0.1, 0.15) is 11.9 Å². The summed E-state index contributed by atoms with van der Waals surface area (Å²) in [5.41, 5.74) is 0.753. The minimum Gasteiger partial charge on any atom is -0.354 e. The number of amides is 2. The topological polar surface area (TPSA) is 52.7 Å². The molecule has 1 aliphatic heterocycles. The lowest BCUT2D eigenvalue weighted by Gasteiger charge is -2.24. The molecule has 1 aliphatic rings. The molecule has 1 aromatic carbocycles. The zero-order chi connectivity index (χ0) is 16.8. The van der Waals surface area contributed by atoms with Gasteiger partial charge >= 0.3 is 0 Å². The number of nitrogens with zero attached hydrogens (tertiary/aromatic N) is 2. The fraction of sp³-hybridized carbons (Fsp3) is 0.529. The Labute approximate surface area is 136 Å². The van der Waals surface area contributed by atoms with Gasteiger partial charge in [0.25, 0.3) is 0 Å². The summed E-state index contributed by atoms with van der Waals surface area (Å²) >= 11 is 0. The normalized spacial score (nSPS) is 16.0. The number of hydrogen-bond donors (Lipinski definition) is 1. The molecule has 1 fully saturated rings. The van der Waals surface area contributed by atoms with E-state index in [2.05, 4.69) is 5.32 Å². The molecule has 23 heavy (non-hydrogen) atoms. The number of likely N-dealkylation sites (N-methyl/N-ethyl adjacent to an activating group) is 1. The average Bonchev–Trinajstić information content (AvgIpc) is 2.91. The largest absolute Gasteiger partial charge is 0.354 e. The van der Waals surface area contributed by atoms with Crippen LogP contribution in [0.1, 0.15) is 30.9 Å². The van der Waals surface area contributed by atoms with Crippen molar-refractivity contribution in [1.82, 2.24) is 15.1 Å². The van der Waals surface area contributed by atoms with Crippen LogP contribution < -0.4 is 5.32 Å². The van der Waals surface area contributed by atoms with Gasteiger partial charge in [0, 0.05) is 26.1 Å². The van der Waals surface area contributed by atoms with Gasteiger partial charge in [0.15, 0.2) is 0 Å². The second-order valence-electron chi connectivity index (χ2n) is 6.05. The van der Waals surface area contributed by atoms with Crippen LogP contribution in [0.3, 0.4) is 0 Å². The number of halogens is 1. The maximum absolute atomic E-state index is 13.0. The molecule has 0 spiro atoms. The Bertz CT molecular complexity index is 545. The quantitative estimate of drug-likeness (QED) is 0.776. The fourth-order valence-corrected chi connectivity index (χ4v) is 2.85. The maximum Gasteiger partial charge on any atom is 0.241 e. The van der Waals surface area contributed by atoms with Crippen LogP contribution in [0.2, 0.25) is 0 Å². The SMILES string of the molecule is CN(C)C(C(=O)NCCCN1CCCC1=O)c1ccc(F)cc1.